The van der Waals surface area contributed by atoms with Gasteiger partial charge in [0.1, 0.15) is 17.9 Å². The zero-order valence-corrected chi connectivity index (χ0v) is 19.9. The molecule has 0 unspecified atom stereocenters. The lowest BCUT2D eigenvalue weighted by molar-refractivity contribution is -0.272. The van der Waals surface area contributed by atoms with Crippen LogP contribution >= 0.6 is 0 Å². The lowest BCUT2D eigenvalue weighted by atomic mass is 9.77. The Bertz CT molecular complexity index is 1200. The molecule has 0 radical (unpaired) electrons. The van der Waals surface area contributed by atoms with Crippen molar-refractivity contribution in [1.29, 1.82) is 0 Å². The summed E-state index contributed by atoms with van der Waals surface area (Å²) in [5, 5.41) is 2.41. The van der Waals surface area contributed by atoms with Crippen molar-refractivity contribution in [3.8, 4) is 5.75 Å². The number of methoxy groups -OCH3 is 1. The molecule has 2 aromatic rings. The first-order valence-corrected chi connectivity index (χ1v) is 11.2. The number of esters is 1. The summed E-state index contributed by atoms with van der Waals surface area (Å²) in [6.45, 7) is 2.17. The molecule has 200 valence electrons. The lowest BCUT2D eigenvalue weighted by Crippen LogP contribution is -2.47. The van der Waals surface area contributed by atoms with Crippen LogP contribution in [0.4, 0.5) is 27.6 Å². The molecule has 1 aromatic heterocycles. The number of rotatable bonds is 6. The van der Waals surface area contributed by atoms with Gasteiger partial charge in [-0.3, -0.25) is 4.79 Å². The fourth-order valence-corrected chi connectivity index (χ4v) is 4.34. The average Bonchev–Trinajstić information content (AvgIpc) is 3.10. The molecule has 1 N–H and O–H groups in total. The summed E-state index contributed by atoms with van der Waals surface area (Å²) >= 11 is 0. The van der Waals surface area contributed by atoms with Gasteiger partial charge >= 0.3 is 12.1 Å². The van der Waals surface area contributed by atoms with E-state index in [9.17, 15) is 31.5 Å². The van der Waals surface area contributed by atoms with Crippen LogP contribution in [0.3, 0.4) is 0 Å². The molecule has 0 bridgehead atoms. The number of carbonyl (C=O) groups excluding carboxylic acids is 2. The molecule has 4 rings (SSSR count). The minimum Gasteiger partial charge on any atom is -0.482 e. The number of carbonyl (C=O) groups is 2. The monoisotopic (exact) mass is 530 g/mol. The molecule has 4 atom stereocenters. The van der Waals surface area contributed by atoms with E-state index in [1.165, 1.54) is 25.3 Å². The van der Waals surface area contributed by atoms with Crippen LogP contribution in [0.5, 0.6) is 5.75 Å². The molecule has 0 spiro atoms. The molecule has 8 nitrogen and oxygen atoms in total. The van der Waals surface area contributed by atoms with E-state index in [-0.39, 0.29) is 30.2 Å². The van der Waals surface area contributed by atoms with Crippen molar-refractivity contribution in [2.45, 2.75) is 43.8 Å². The maximum Gasteiger partial charge on any atom is 0.417 e. The number of pyridine rings is 1. The number of alkyl halides is 3. The highest BCUT2D eigenvalue weighted by molar-refractivity contribution is 5.96. The molecule has 13 heteroatoms. The Hall–Kier alpha value is -3.32. The van der Waals surface area contributed by atoms with Crippen LogP contribution in [-0.4, -0.2) is 61.2 Å². The van der Waals surface area contributed by atoms with E-state index in [2.05, 4.69) is 15.0 Å². The smallest absolute Gasteiger partial charge is 0.417 e. The summed E-state index contributed by atoms with van der Waals surface area (Å²) in [5.74, 6) is -7.88. The third kappa shape index (κ3) is 4.85. The van der Waals surface area contributed by atoms with Gasteiger partial charge in [-0.2, -0.15) is 17.6 Å². The molecule has 1 aromatic carbocycles. The van der Waals surface area contributed by atoms with Crippen molar-refractivity contribution < 1.29 is 50.5 Å². The minimum absolute atomic E-state index is 0.0318. The molecule has 2 fully saturated rings. The Balaban J connectivity index is 1.75. The van der Waals surface area contributed by atoms with Gasteiger partial charge in [0.25, 0.3) is 5.91 Å². The summed E-state index contributed by atoms with van der Waals surface area (Å²) in [7, 11) is 1.13. The number of amides is 1. The third-order valence-corrected chi connectivity index (χ3v) is 6.68. The molecule has 2 aliphatic heterocycles. The predicted octanol–water partition coefficient (Wildman–Crippen LogP) is 4.00. The van der Waals surface area contributed by atoms with E-state index in [4.69, 9.17) is 14.2 Å². The van der Waals surface area contributed by atoms with E-state index in [1.807, 2.05) is 0 Å². The van der Waals surface area contributed by atoms with Crippen molar-refractivity contribution in [1.82, 2.24) is 4.98 Å². The predicted molar refractivity (Wildman–Crippen MR) is 117 cm³/mol. The van der Waals surface area contributed by atoms with Crippen molar-refractivity contribution >= 4 is 17.6 Å². The number of hydrogen-bond acceptors (Lipinski definition) is 7. The van der Waals surface area contributed by atoms with Crippen LogP contribution in [0.25, 0.3) is 0 Å². The van der Waals surface area contributed by atoms with Crippen LogP contribution in [0.2, 0.25) is 0 Å². The van der Waals surface area contributed by atoms with Crippen molar-refractivity contribution in [2.75, 3.05) is 25.6 Å². The van der Waals surface area contributed by atoms with E-state index >= 15 is 0 Å². The van der Waals surface area contributed by atoms with Crippen LogP contribution in [-0.2, 0) is 19.0 Å². The first-order valence-electron chi connectivity index (χ1n) is 11.2. The number of ether oxygens (including phenoxy) is 4. The molecular weight excluding hydrogens is 507 g/mol. The van der Waals surface area contributed by atoms with E-state index in [0.717, 1.165) is 26.2 Å². The number of nitrogens with one attached hydrogen (secondary N) is 1. The minimum atomic E-state index is -4.91. The second-order valence-electron chi connectivity index (χ2n) is 8.93. The van der Waals surface area contributed by atoms with Gasteiger partial charge in [-0.15, -0.1) is 0 Å². The number of hydrogen-bond donors (Lipinski definition) is 1. The second-order valence-corrected chi connectivity index (χ2v) is 8.93. The second kappa shape index (κ2) is 9.86. The van der Waals surface area contributed by atoms with Gasteiger partial charge in [0.2, 0.25) is 5.82 Å². The Morgan fingerprint density at radius 2 is 1.89 bits per heavy atom. The summed E-state index contributed by atoms with van der Waals surface area (Å²) in [6, 6.07) is 4.32. The first-order chi connectivity index (χ1) is 17.4. The van der Waals surface area contributed by atoms with E-state index in [1.54, 1.807) is 0 Å². The topological polar surface area (TPSA) is 96.0 Å². The first kappa shape index (κ1) is 26.7. The molecule has 3 heterocycles. The highest BCUT2D eigenvalue weighted by Gasteiger charge is 2.66. The molecule has 2 saturated heterocycles. The Labute approximate surface area is 208 Å². The molecule has 37 heavy (non-hydrogen) atoms. The maximum absolute atomic E-state index is 14.9. The van der Waals surface area contributed by atoms with Crippen molar-refractivity contribution in [3.05, 3.63) is 53.4 Å². The van der Waals surface area contributed by atoms with E-state index in [0.29, 0.717) is 0 Å². The number of aromatic nitrogens is 1. The van der Waals surface area contributed by atoms with Crippen molar-refractivity contribution in [2.24, 2.45) is 5.92 Å². The summed E-state index contributed by atoms with van der Waals surface area (Å²) < 4.78 is 91.9. The van der Waals surface area contributed by atoms with Gasteiger partial charge in [-0.05, 0) is 25.1 Å². The molecule has 2 aliphatic rings. The Kier molecular flexibility index (Phi) is 7.12. The number of anilines is 1. The van der Waals surface area contributed by atoms with Crippen LogP contribution in [0, 0.1) is 17.6 Å². The summed E-state index contributed by atoms with van der Waals surface area (Å²) in [6.07, 6.45) is -6.14. The molecule has 0 saturated carbocycles. The number of benzene rings is 1. The highest BCUT2D eigenvalue weighted by atomic mass is 19.4. The van der Waals surface area contributed by atoms with Gasteiger partial charge in [-0.25, -0.2) is 14.2 Å². The average molecular weight is 530 g/mol. The zero-order valence-electron chi connectivity index (χ0n) is 19.9. The normalized spacial score (nSPS) is 25.9. The van der Waals surface area contributed by atoms with Crippen LogP contribution in [0.1, 0.15) is 35.8 Å². The zero-order chi connectivity index (χ0) is 27.1. The quantitative estimate of drug-likeness (QED) is 0.446. The summed E-state index contributed by atoms with van der Waals surface area (Å²) in [4.78, 5) is 28.9. The lowest BCUT2D eigenvalue weighted by Gasteiger charge is -2.32. The van der Waals surface area contributed by atoms with Crippen molar-refractivity contribution in [3.63, 3.8) is 0 Å². The van der Waals surface area contributed by atoms with E-state index < -0.39 is 65.1 Å². The van der Waals surface area contributed by atoms with Crippen LogP contribution in [0.15, 0.2) is 30.5 Å². The molecular formula is C24H23F5N2O6. The fraction of sp³-hybridized carbons (Fsp3) is 0.458. The SMILES string of the molecule is COC(=O)c1cc(NC(=O)[C@@H]2O[C@@](C)(C(F)(F)F)[C@@H](C)[C@H]2c2ccc(F)c(F)c2OC2COC2)ccn1. The maximum atomic E-state index is 14.9. The Morgan fingerprint density at radius 1 is 1.19 bits per heavy atom. The number of nitrogens with zero attached hydrogens (tertiary/aromatic N) is 1. The van der Waals surface area contributed by atoms with Gasteiger partial charge in [0.05, 0.1) is 20.3 Å². The largest absolute Gasteiger partial charge is 0.482 e. The van der Waals surface area contributed by atoms with Gasteiger partial charge in [-0.1, -0.05) is 13.0 Å². The highest BCUT2D eigenvalue weighted by Crippen LogP contribution is 2.55. The van der Waals surface area contributed by atoms with Gasteiger partial charge in [0, 0.05) is 29.3 Å². The standard InChI is InChI=1S/C24H23F5N2O6/c1-11-17(14-4-5-15(25)18(26)19(14)36-13-9-35-10-13)20(37-23(11,2)24(27,28)29)21(32)31-12-6-7-30-16(8-12)22(33)34-3/h4-8,11,13,17,20H,9-10H2,1-3H3,(H,30,31,32)/t11-,17-,20+,23+/m0/s1. The Morgan fingerprint density at radius 3 is 2.49 bits per heavy atom. The summed E-state index contributed by atoms with van der Waals surface area (Å²) in [5.41, 5.74) is -3.09. The molecule has 1 amide bonds. The van der Waals surface area contributed by atoms with Crippen LogP contribution < -0.4 is 10.1 Å². The fourth-order valence-electron chi connectivity index (χ4n) is 4.34. The van der Waals surface area contributed by atoms with Gasteiger partial charge in [0.15, 0.2) is 17.2 Å². The number of halogens is 5. The van der Waals surface area contributed by atoms with Gasteiger partial charge < -0.3 is 24.3 Å². The third-order valence-electron chi connectivity index (χ3n) is 6.68. The molecule has 0 aliphatic carbocycles.